The van der Waals surface area contributed by atoms with Crippen LogP contribution in [0, 0.1) is 0 Å². The highest BCUT2D eigenvalue weighted by Gasteiger charge is 2.33. The Balaban J connectivity index is 1.63. The number of hydrogen-bond acceptors (Lipinski definition) is 3. The molecule has 0 aliphatic heterocycles. The van der Waals surface area contributed by atoms with Gasteiger partial charge in [0.2, 0.25) is 5.91 Å². The highest BCUT2D eigenvalue weighted by atomic mass is 79.9. The number of anilines is 1. The molecule has 2 aromatic carbocycles. The van der Waals surface area contributed by atoms with Gasteiger partial charge in [-0.3, -0.25) is 9.59 Å². The molecule has 1 aromatic heterocycles. The van der Waals surface area contributed by atoms with Crippen LogP contribution >= 0.6 is 15.9 Å². The van der Waals surface area contributed by atoms with Crippen molar-refractivity contribution >= 4 is 27.5 Å². The summed E-state index contributed by atoms with van der Waals surface area (Å²) in [6.45, 7) is 0.164. The molecule has 9 heteroatoms. The average molecular weight is 480 g/mol. The number of carbonyl (C=O) groups excluding carboxylic acids is 1. The smallest absolute Gasteiger partial charge is 0.326 e. The standard InChI is InChI=1S/C21H17BrF3N3O2/c22-15-9-7-14(8-10-15)17-11-12-20(30)28(27-17)13-3-6-19(29)26-18-5-2-1-4-16(18)21(23,24)25/h1-2,4-5,7-12H,3,6,13H2,(H,26,29). The normalized spacial score (nSPS) is 11.3. The van der Waals surface area contributed by atoms with Crippen LogP contribution in [0.2, 0.25) is 0 Å². The van der Waals surface area contributed by atoms with E-state index in [-0.39, 0.29) is 30.6 Å². The first kappa shape index (κ1) is 21.8. The molecule has 0 radical (unpaired) electrons. The maximum atomic E-state index is 13.0. The maximum Gasteiger partial charge on any atom is 0.418 e. The fourth-order valence-electron chi connectivity index (χ4n) is 2.83. The summed E-state index contributed by atoms with van der Waals surface area (Å²) < 4.78 is 41.2. The fraction of sp³-hybridized carbons (Fsp3) is 0.190. The number of nitrogens with one attached hydrogen (secondary N) is 1. The van der Waals surface area contributed by atoms with E-state index in [2.05, 4.69) is 26.3 Å². The van der Waals surface area contributed by atoms with Gasteiger partial charge in [-0.1, -0.05) is 40.2 Å². The first-order valence-electron chi connectivity index (χ1n) is 9.04. The second-order valence-corrected chi connectivity index (χ2v) is 7.40. The van der Waals surface area contributed by atoms with E-state index in [1.165, 1.54) is 28.9 Å². The molecule has 30 heavy (non-hydrogen) atoms. The molecular formula is C21H17BrF3N3O2. The fourth-order valence-corrected chi connectivity index (χ4v) is 3.09. The lowest BCUT2D eigenvalue weighted by Crippen LogP contribution is -2.23. The number of benzene rings is 2. The van der Waals surface area contributed by atoms with E-state index in [1.807, 2.05) is 24.3 Å². The number of alkyl halides is 3. The number of amides is 1. The van der Waals surface area contributed by atoms with Gasteiger partial charge in [0.05, 0.1) is 16.9 Å². The van der Waals surface area contributed by atoms with Crippen LogP contribution in [0.5, 0.6) is 0 Å². The molecule has 1 N–H and O–H groups in total. The highest BCUT2D eigenvalue weighted by molar-refractivity contribution is 9.10. The van der Waals surface area contributed by atoms with Gasteiger partial charge in [-0.15, -0.1) is 0 Å². The van der Waals surface area contributed by atoms with Crippen molar-refractivity contribution in [1.29, 1.82) is 0 Å². The minimum atomic E-state index is -4.56. The molecule has 0 aliphatic rings. The topological polar surface area (TPSA) is 64.0 Å². The minimum Gasteiger partial charge on any atom is -0.326 e. The molecule has 0 aliphatic carbocycles. The van der Waals surface area contributed by atoms with E-state index in [1.54, 1.807) is 6.07 Å². The molecule has 3 rings (SSSR count). The third-order valence-corrected chi connectivity index (χ3v) is 4.82. The predicted octanol–water partition coefficient (Wildman–Crippen LogP) is 5.11. The van der Waals surface area contributed by atoms with Crippen molar-refractivity contribution in [3.05, 3.63) is 81.1 Å². The van der Waals surface area contributed by atoms with Gasteiger partial charge < -0.3 is 5.32 Å². The van der Waals surface area contributed by atoms with Crippen LogP contribution in [0.25, 0.3) is 11.3 Å². The lowest BCUT2D eigenvalue weighted by molar-refractivity contribution is -0.137. The molecule has 0 spiro atoms. The SMILES string of the molecule is O=C(CCCn1nc(-c2ccc(Br)cc2)ccc1=O)Nc1ccccc1C(F)(F)F. The van der Waals surface area contributed by atoms with Gasteiger partial charge in [0.1, 0.15) is 0 Å². The third-order valence-electron chi connectivity index (χ3n) is 4.29. The van der Waals surface area contributed by atoms with Gasteiger partial charge in [-0.25, -0.2) is 4.68 Å². The molecular weight excluding hydrogens is 463 g/mol. The Labute approximate surface area is 178 Å². The summed E-state index contributed by atoms with van der Waals surface area (Å²) in [6, 6.07) is 15.2. The number of nitrogens with zero attached hydrogens (tertiary/aromatic N) is 2. The van der Waals surface area contributed by atoms with Crippen LogP contribution in [0.3, 0.4) is 0 Å². The molecule has 0 saturated heterocycles. The zero-order valence-corrected chi connectivity index (χ0v) is 17.2. The molecule has 0 atom stereocenters. The zero-order chi connectivity index (χ0) is 21.7. The van der Waals surface area contributed by atoms with Gasteiger partial charge in [0.15, 0.2) is 0 Å². The maximum absolute atomic E-state index is 13.0. The van der Waals surface area contributed by atoms with E-state index in [9.17, 15) is 22.8 Å². The second kappa shape index (κ2) is 9.25. The molecule has 1 amide bonds. The predicted molar refractivity (Wildman–Crippen MR) is 111 cm³/mol. The number of halogens is 4. The largest absolute Gasteiger partial charge is 0.418 e. The first-order chi connectivity index (χ1) is 14.2. The van der Waals surface area contributed by atoms with Crippen molar-refractivity contribution in [3.63, 3.8) is 0 Å². The number of para-hydroxylation sites is 1. The second-order valence-electron chi connectivity index (χ2n) is 6.48. The van der Waals surface area contributed by atoms with Crippen LogP contribution in [0.4, 0.5) is 18.9 Å². The van der Waals surface area contributed by atoms with E-state index >= 15 is 0 Å². The molecule has 0 unspecified atom stereocenters. The van der Waals surface area contributed by atoms with Crippen molar-refractivity contribution in [2.75, 3.05) is 5.32 Å². The summed E-state index contributed by atoms with van der Waals surface area (Å²) in [7, 11) is 0. The van der Waals surface area contributed by atoms with Gasteiger partial charge in [-0.2, -0.15) is 18.3 Å². The van der Waals surface area contributed by atoms with E-state index in [4.69, 9.17) is 0 Å². The van der Waals surface area contributed by atoms with Gasteiger partial charge in [0, 0.05) is 29.1 Å². The Morgan fingerprint density at radius 1 is 1.03 bits per heavy atom. The molecule has 0 fully saturated rings. The van der Waals surface area contributed by atoms with E-state index < -0.39 is 17.6 Å². The monoisotopic (exact) mass is 479 g/mol. The molecule has 0 saturated carbocycles. The third kappa shape index (κ3) is 5.56. The molecule has 156 valence electrons. The van der Waals surface area contributed by atoms with E-state index in [0.29, 0.717) is 5.69 Å². The van der Waals surface area contributed by atoms with Gasteiger partial charge in [-0.05, 0) is 36.8 Å². The summed E-state index contributed by atoms with van der Waals surface area (Å²) in [5.74, 6) is -0.566. The van der Waals surface area contributed by atoms with E-state index in [0.717, 1.165) is 16.1 Å². The quantitative estimate of drug-likeness (QED) is 0.534. The number of hydrogen-bond donors (Lipinski definition) is 1. The zero-order valence-electron chi connectivity index (χ0n) is 15.6. The lowest BCUT2D eigenvalue weighted by atomic mass is 10.1. The number of carbonyl (C=O) groups is 1. The Bertz CT molecular complexity index is 1100. The van der Waals surface area contributed by atoms with Crippen LogP contribution < -0.4 is 10.9 Å². The van der Waals surface area contributed by atoms with Crippen molar-refractivity contribution in [2.24, 2.45) is 0 Å². The Morgan fingerprint density at radius 2 is 1.73 bits per heavy atom. The Hall–Kier alpha value is -2.94. The lowest BCUT2D eigenvalue weighted by Gasteiger charge is -2.13. The first-order valence-corrected chi connectivity index (χ1v) is 9.83. The number of aryl methyl sites for hydroxylation is 1. The number of rotatable bonds is 6. The van der Waals surface area contributed by atoms with Crippen LogP contribution in [-0.4, -0.2) is 15.7 Å². The van der Waals surface area contributed by atoms with Crippen LogP contribution in [-0.2, 0) is 17.5 Å². The van der Waals surface area contributed by atoms with Gasteiger partial charge in [0.25, 0.3) is 5.56 Å². The van der Waals surface area contributed by atoms with Crippen LogP contribution in [0.1, 0.15) is 18.4 Å². The summed E-state index contributed by atoms with van der Waals surface area (Å²) in [5.41, 5.74) is -0.0845. The van der Waals surface area contributed by atoms with Gasteiger partial charge >= 0.3 is 6.18 Å². The molecule has 3 aromatic rings. The highest BCUT2D eigenvalue weighted by Crippen LogP contribution is 2.34. The Kier molecular flexibility index (Phi) is 6.71. The average Bonchev–Trinajstić information content (AvgIpc) is 2.70. The summed E-state index contributed by atoms with van der Waals surface area (Å²) in [4.78, 5) is 24.1. The summed E-state index contributed by atoms with van der Waals surface area (Å²) >= 11 is 3.35. The molecule has 1 heterocycles. The van der Waals surface area contributed by atoms with Crippen LogP contribution in [0.15, 0.2) is 69.9 Å². The summed E-state index contributed by atoms with van der Waals surface area (Å²) in [6.07, 6.45) is -4.37. The number of aromatic nitrogens is 2. The minimum absolute atomic E-state index is 0.0528. The summed E-state index contributed by atoms with van der Waals surface area (Å²) in [5, 5.41) is 6.60. The Morgan fingerprint density at radius 3 is 2.43 bits per heavy atom. The van der Waals surface area contributed by atoms with Crippen molar-refractivity contribution in [1.82, 2.24) is 9.78 Å². The van der Waals surface area contributed by atoms with Crippen molar-refractivity contribution in [3.8, 4) is 11.3 Å². The van der Waals surface area contributed by atoms with Crippen molar-refractivity contribution in [2.45, 2.75) is 25.6 Å². The molecule has 5 nitrogen and oxygen atoms in total. The molecule has 0 bridgehead atoms. The van der Waals surface area contributed by atoms with Crippen molar-refractivity contribution < 1.29 is 18.0 Å².